The molecule has 0 unspecified atom stereocenters. The van der Waals surface area contributed by atoms with E-state index in [1.54, 1.807) is 12.1 Å². The number of alkyl halides is 3. The lowest BCUT2D eigenvalue weighted by molar-refractivity contribution is -0.0328. The first-order chi connectivity index (χ1) is 10.5. The smallest absolute Gasteiger partial charge is 0.269 e. The van der Waals surface area contributed by atoms with Gasteiger partial charge >= 0.3 is 5.51 Å². The molecule has 15 heteroatoms. The number of hydrogen-bond acceptors (Lipinski definition) is 1. The van der Waals surface area contributed by atoms with Crippen LogP contribution < -0.4 is 0 Å². The third kappa shape index (κ3) is 38.5. The third-order valence-electron chi connectivity index (χ3n) is 1.25. The minimum atomic E-state index is -4.19. The molecule has 0 bridgehead atoms. The van der Waals surface area contributed by atoms with Gasteiger partial charge in [-0.05, 0) is 30.8 Å². The van der Waals surface area contributed by atoms with Gasteiger partial charge in [0.25, 0.3) is 0 Å². The molecular formula is C8H8F14S. The van der Waals surface area contributed by atoms with Gasteiger partial charge in [0.05, 0.1) is 0 Å². The van der Waals surface area contributed by atoms with Gasteiger partial charge in [-0.1, -0.05) is 17.7 Å². The van der Waals surface area contributed by atoms with E-state index >= 15 is 0 Å². The second-order valence-electron chi connectivity index (χ2n) is 2.36. The Labute approximate surface area is 123 Å². The second kappa shape index (κ2) is 32.5. The summed E-state index contributed by atoms with van der Waals surface area (Å²) in [6, 6.07) is 6.25. The Balaban J connectivity index is -0.0000000565. The molecule has 0 saturated carbocycles. The Morgan fingerprint density at radius 2 is 0.913 bits per heavy atom. The fraction of sp³-hybridized carbons (Fsp3) is 0.250. The molecule has 23 heavy (non-hydrogen) atoms. The van der Waals surface area contributed by atoms with E-state index in [1.807, 2.05) is 6.92 Å². The van der Waals surface area contributed by atoms with E-state index in [0.717, 1.165) is 5.56 Å². The number of halogens is 14. The molecule has 0 amide bonds. The van der Waals surface area contributed by atoms with Gasteiger partial charge in [0.2, 0.25) is 0 Å². The van der Waals surface area contributed by atoms with Crippen LogP contribution in [0.4, 0.5) is 63.6 Å². The summed E-state index contributed by atoms with van der Waals surface area (Å²) >= 11 is -0.0906. The minimum absolute atomic E-state index is 0. The molecule has 1 aromatic rings. The Hall–Kier alpha value is -1.41. The Bertz CT molecular complexity index is 262. The van der Waals surface area contributed by atoms with E-state index in [4.69, 9.17) is 45.7 Å². The third-order valence-corrected chi connectivity index (χ3v) is 1.99. The fourth-order valence-corrected chi connectivity index (χ4v) is 1.28. The lowest BCUT2D eigenvalue weighted by Crippen LogP contribution is -1.98. The normalized spacial score (nSPS) is 7.39. The Morgan fingerprint density at radius 1 is 0.652 bits per heavy atom. The highest BCUT2D eigenvalue weighted by Gasteiger charge is 2.28. The summed E-state index contributed by atoms with van der Waals surface area (Å²) in [5, 5.41) is 0. The van der Waals surface area contributed by atoms with E-state index in [-0.39, 0.29) is 21.4 Å². The SMILES string of the molecule is Cc1ccc(SC(F)(F)F)cc1.F.FF.FF.FF.FF.FF. The van der Waals surface area contributed by atoms with Crippen molar-refractivity contribution in [2.24, 2.45) is 0 Å². The summed E-state index contributed by atoms with van der Waals surface area (Å²) in [6.45, 7) is 1.84. The van der Waals surface area contributed by atoms with Crippen LogP contribution in [0, 0.1) is 6.92 Å². The van der Waals surface area contributed by atoms with Crippen LogP contribution in [-0.2, 0) is 0 Å². The van der Waals surface area contributed by atoms with Gasteiger partial charge in [-0.2, -0.15) is 13.2 Å². The van der Waals surface area contributed by atoms with E-state index < -0.39 is 5.51 Å². The van der Waals surface area contributed by atoms with Crippen LogP contribution in [-0.4, -0.2) is 5.51 Å². The van der Waals surface area contributed by atoms with E-state index in [0.29, 0.717) is 0 Å². The molecule has 144 valence electrons. The maximum absolute atomic E-state index is 11.8. The van der Waals surface area contributed by atoms with Gasteiger partial charge < -0.3 is 0 Å². The molecule has 0 fully saturated rings. The largest absolute Gasteiger partial charge is 0.446 e. The van der Waals surface area contributed by atoms with E-state index in [9.17, 15) is 13.2 Å². The molecule has 0 saturated heterocycles. The first-order valence-electron chi connectivity index (χ1n) is 4.01. The van der Waals surface area contributed by atoms with Gasteiger partial charge in [-0.25, -0.2) is 0 Å². The molecule has 0 aliphatic rings. The number of aryl methyl sites for hydroxylation is 1. The van der Waals surface area contributed by atoms with Gasteiger partial charge in [0.1, 0.15) is 0 Å². The van der Waals surface area contributed by atoms with Gasteiger partial charge in [-0.3, -0.25) is 4.70 Å². The predicted molar refractivity (Wildman–Crippen MR) is 56.7 cm³/mol. The molecule has 0 heterocycles. The molecule has 0 aromatic heterocycles. The lowest BCUT2D eigenvalue weighted by atomic mass is 10.2. The molecule has 0 atom stereocenters. The Kier molecular flexibility index (Phi) is 53.2. The molecule has 1 rings (SSSR count). The van der Waals surface area contributed by atoms with Crippen molar-refractivity contribution in [3.8, 4) is 0 Å². The topological polar surface area (TPSA) is 0 Å². The van der Waals surface area contributed by atoms with Gasteiger partial charge in [-0.15, -0.1) is 0 Å². The molecule has 0 aliphatic carbocycles. The first kappa shape index (κ1) is 37.7. The van der Waals surface area contributed by atoms with Crippen LogP contribution in [0.3, 0.4) is 0 Å². The zero-order valence-electron chi connectivity index (χ0n) is 10.5. The van der Waals surface area contributed by atoms with E-state index in [2.05, 4.69) is 0 Å². The van der Waals surface area contributed by atoms with Crippen LogP contribution in [0.15, 0.2) is 29.2 Å². The lowest BCUT2D eigenvalue weighted by Gasteiger charge is -2.04. The molecule has 1 aromatic carbocycles. The van der Waals surface area contributed by atoms with Crippen molar-refractivity contribution < 1.29 is 63.6 Å². The summed E-state index contributed by atoms with van der Waals surface area (Å²) in [5.74, 6) is 0. The monoisotopic (exact) mass is 402 g/mol. The van der Waals surface area contributed by atoms with Crippen LogP contribution in [0.2, 0.25) is 0 Å². The first-order valence-corrected chi connectivity index (χ1v) is 4.83. The molecule has 0 spiro atoms. The average Bonchev–Trinajstić information content (AvgIpc) is 2.58. The van der Waals surface area contributed by atoms with Crippen LogP contribution in [0.5, 0.6) is 0 Å². The summed E-state index contributed by atoms with van der Waals surface area (Å²) in [6.07, 6.45) is 0. The number of hydrogen-bond donors (Lipinski definition) is 0. The van der Waals surface area contributed by atoms with E-state index in [1.165, 1.54) is 12.1 Å². The zero-order valence-corrected chi connectivity index (χ0v) is 11.4. The van der Waals surface area contributed by atoms with Crippen molar-refractivity contribution in [3.63, 3.8) is 0 Å². The van der Waals surface area contributed by atoms with Crippen molar-refractivity contribution in [2.45, 2.75) is 17.3 Å². The Morgan fingerprint density at radius 3 is 1.13 bits per heavy atom. The minimum Gasteiger partial charge on any atom is -0.269 e. The van der Waals surface area contributed by atoms with Crippen molar-refractivity contribution in [1.29, 1.82) is 0 Å². The highest BCUT2D eigenvalue weighted by Crippen LogP contribution is 2.36. The van der Waals surface area contributed by atoms with Crippen molar-refractivity contribution in [3.05, 3.63) is 29.8 Å². The molecule has 0 aliphatic heterocycles. The van der Waals surface area contributed by atoms with Crippen LogP contribution in [0.1, 0.15) is 5.56 Å². The number of benzene rings is 1. The number of thioether (sulfide) groups is 1. The molecule has 0 nitrogen and oxygen atoms in total. The van der Waals surface area contributed by atoms with Crippen LogP contribution in [0.25, 0.3) is 0 Å². The maximum atomic E-state index is 11.8. The highest BCUT2D eigenvalue weighted by molar-refractivity contribution is 8.00. The number of rotatable bonds is 1. The summed E-state index contributed by atoms with van der Waals surface area (Å²) in [5.41, 5.74) is -3.23. The second-order valence-corrected chi connectivity index (χ2v) is 3.50. The fourth-order valence-electron chi connectivity index (χ4n) is 0.740. The summed E-state index contributed by atoms with van der Waals surface area (Å²) in [7, 11) is 0. The van der Waals surface area contributed by atoms with Crippen LogP contribution >= 0.6 is 11.8 Å². The van der Waals surface area contributed by atoms with Crippen molar-refractivity contribution >= 4 is 11.8 Å². The quantitative estimate of drug-likeness (QED) is 0.339. The average molecular weight is 402 g/mol. The van der Waals surface area contributed by atoms with Crippen molar-refractivity contribution in [1.82, 2.24) is 0 Å². The predicted octanol–water partition coefficient (Wildman–Crippen LogP) is 7.96. The van der Waals surface area contributed by atoms with Crippen molar-refractivity contribution in [2.75, 3.05) is 0 Å². The maximum Gasteiger partial charge on any atom is 0.446 e. The molecule has 0 N–H and O–H groups in total. The molecule has 0 radical (unpaired) electrons. The van der Waals surface area contributed by atoms with Gasteiger partial charge in [0, 0.05) is 50.6 Å². The zero-order chi connectivity index (χ0) is 19.2. The highest BCUT2D eigenvalue weighted by atomic mass is 32.2. The summed E-state index contributed by atoms with van der Waals surface area (Å²) < 4.78 is 115. The summed E-state index contributed by atoms with van der Waals surface area (Å²) in [4.78, 5) is 0.230. The molecular weight excluding hydrogens is 394 g/mol. The standard InChI is InChI=1S/C8H7F3S.5F2.FH/c1-6-2-4-7(5-3-6)12-8(9,10)11;5*1-2;/h2-5H,1H3;;;;;;1H. The van der Waals surface area contributed by atoms with Gasteiger partial charge in [0.15, 0.2) is 0 Å².